The van der Waals surface area contributed by atoms with Gasteiger partial charge in [0.2, 0.25) is 0 Å². The molecule has 0 aliphatic heterocycles. The molecular formula is C7H12N2O. The van der Waals surface area contributed by atoms with Crippen LogP contribution in [-0.4, -0.2) is 19.2 Å². The van der Waals surface area contributed by atoms with Crippen LogP contribution in [0.5, 0.6) is 0 Å². The first-order valence-electron chi connectivity index (χ1n) is 3.16. The van der Waals surface area contributed by atoms with E-state index in [9.17, 15) is 0 Å². The summed E-state index contributed by atoms with van der Waals surface area (Å²) in [7, 11) is 0. The van der Waals surface area contributed by atoms with Crippen molar-refractivity contribution in [3.63, 3.8) is 0 Å². The van der Waals surface area contributed by atoms with Crippen LogP contribution in [0.3, 0.4) is 0 Å². The Labute approximate surface area is 61.3 Å². The Morgan fingerprint density at radius 3 is 3.10 bits per heavy atom. The predicted octanol–water partition coefficient (Wildman–Crippen LogP) is 0.648. The van der Waals surface area contributed by atoms with Gasteiger partial charge in [-0.15, -0.1) is 0 Å². The standard InChI is InChI=1S/C7H12N2O/c1-3-10-5-4-9-7(2)6-8/h3,7,9H,1,4-5H2,2H3. The molecule has 56 valence electrons. The summed E-state index contributed by atoms with van der Waals surface area (Å²) in [6.07, 6.45) is 1.39. The molecule has 3 nitrogen and oxygen atoms in total. The van der Waals surface area contributed by atoms with Crippen LogP contribution >= 0.6 is 0 Å². The number of hydrogen-bond donors (Lipinski definition) is 1. The maximum Gasteiger partial charge on any atom is 0.0997 e. The summed E-state index contributed by atoms with van der Waals surface area (Å²) in [5, 5.41) is 11.3. The second-order valence-electron chi connectivity index (χ2n) is 1.84. The molecule has 1 unspecified atom stereocenters. The quantitative estimate of drug-likeness (QED) is 0.450. The molecule has 0 radical (unpaired) electrons. The Balaban J connectivity index is 3.05. The van der Waals surface area contributed by atoms with Crippen molar-refractivity contribution in [3.8, 4) is 6.07 Å². The molecule has 0 saturated heterocycles. The number of nitriles is 1. The van der Waals surface area contributed by atoms with E-state index in [-0.39, 0.29) is 6.04 Å². The normalized spacial score (nSPS) is 11.6. The maximum atomic E-state index is 8.32. The molecule has 0 heterocycles. The van der Waals surface area contributed by atoms with Gasteiger partial charge in [-0.2, -0.15) is 5.26 Å². The molecule has 0 aliphatic carbocycles. The lowest BCUT2D eigenvalue weighted by atomic mass is 10.4. The zero-order valence-corrected chi connectivity index (χ0v) is 6.13. The summed E-state index contributed by atoms with van der Waals surface area (Å²) in [5.74, 6) is 0. The average molecular weight is 140 g/mol. The molecule has 0 aromatic heterocycles. The van der Waals surface area contributed by atoms with Gasteiger partial charge in [-0.05, 0) is 6.92 Å². The van der Waals surface area contributed by atoms with Gasteiger partial charge in [-0.1, -0.05) is 6.58 Å². The fraction of sp³-hybridized carbons (Fsp3) is 0.571. The number of hydrogen-bond acceptors (Lipinski definition) is 3. The van der Waals surface area contributed by atoms with Crippen LogP contribution < -0.4 is 5.32 Å². The van der Waals surface area contributed by atoms with Crippen LogP contribution in [0, 0.1) is 11.3 Å². The lowest BCUT2D eigenvalue weighted by molar-refractivity contribution is 0.248. The topological polar surface area (TPSA) is 45.0 Å². The molecule has 3 heteroatoms. The minimum atomic E-state index is -0.103. The van der Waals surface area contributed by atoms with E-state index in [1.165, 1.54) is 6.26 Å². The summed E-state index contributed by atoms with van der Waals surface area (Å²) < 4.78 is 4.82. The van der Waals surface area contributed by atoms with Crippen molar-refractivity contribution < 1.29 is 4.74 Å². The van der Waals surface area contributed by atoms with Gasteiger partial charge in [-0.3, -0.25) is 5.32 Å². The second kappa shape index (κ2) is 6.12. The van der Waals surface area contributed by atoms with Crippen molar-refractivity contribution in [1.29, 1.82) is 5.26 Å². The number of rotatable bonds is 5. The van der Waals surface area contributed by atoms with E-state index in [2.05, 4.69) is 11.9 Å². The van der Waals surface area contributed by atoms with Gasteiger partial charge in [-0.25, -0.2) is 0 Å². The molecule has 0 aliphatic rings. The first-order valence-corrected chi connectivity index (χ1v) is 3.16. The average Bonchev–Trinajstić information content (AvgIpc) is 1.98. The van der Waals surface area contributed by atoms with E-state index in [0.29, 0.717) is 13.2 Å². The molecule has 0 bridgehead atoms. The Kier molecular flexibility index (Phi) is 5.50. The van der Waals surface area contributed by atoms with Gasteiger partial charge in [0.05, 0.1) is 25.0 Å². The van der Waals surface area contributed by atoms with Gasteiger partial charge in [0.15, 0.2) is 0 Å². The molecule has 0 amide bonds. The summed E-state index contributed by atoms with van der Waals surface area (Å²) in [6, 6.07) is 1.95. The van der Waals surface area contributed by atoms with Crippen molar-refractivity contribution in [2.75, 3.05) is 13.2 Å². The first kappa shape index (κ1) is 8.99. The number of nitrogens with zero attached hydrogens (tertiary/aromatic N) is 1. The van der Waals surface area contributed by atoms with E-state index in [1.807, 2.05) is 6.07 Å². The van der Waals surface area contributed by atoms with Crippen molar-refractivity contribution in [2.24, 2.45) is 0 Å². The first-order chi connectivity index (χ1) is 4.81. The molecular weight excluding hydrogens is 128 g/mol. The van der Waals surface area contributed by atoms with Crippen molar-refractivity contribution in [1.82, 2.24) is 5.32 Å². The van der Waals surface area contributed by atoms with E-state index >= 15 is 0 Å². The molecule has 10 heavy (non-hydrogen) atoms. The van der Waals surface area contributed by atoms with Crippen LogP contribution in [0.4, 0.5) is 0 Å². The number of ether oxygens (including phenoxy) is 1. The fourth-order valence-electron chi connectivity index (χ4n) is 0.463. The third-order valence-electron chi connectivity index (χ3n) is 0.982. The monoisotopic (exact) mass is 140 g/mol. The van der Waals surface area contributed by atoms with Crippen molar-refractivity contribution >= 4 is 0 Å². The smallest absolute Gasteiger partial charge is 0.0997 e. The van der Waals surface area contributed by atoms with E-state index in [4.69, 9.17) is 10.00 Å². The molecule has 0 aromatic rings. The van der Waals surface area contributed by atoms with Gasteiger partial charge in [0.25, 0.3) is 0 Å². The summed E-state index contributed by atoms with van der Waals surface area (Å²) in [5.41, 5.74) is 0. The van der Waals surface area contributed by atoms with Crippen LogP contribution in [0.1, 0.15) is 6.92 Å². The summed E-state index contributed by atoms with van der Waals surface area (Å²) in [6.45, 7) is 6.43. The summed E-state index contributed by atoms with van der Waals surface area (Å²) >= 11 is 0. The molecule has 1 N–H and O–H groups in total. The zero-order chi connectivity index (χ0) is 7.82. The summed E-state index contributed by atoms with van der Waals surface area (Å²) in [4.78, 5) is 0. The maximum absolute atomic E-state index is 8.32. The van der Waals surface area contributed by atoms with Crippen LogP contribution in [0.25, 0.3) is 0 Å². The van der Waals surface area contributed by atoms with Crippen LogP contribution in [0.15, 0.2) is 12.8 Å². The molecule has 0 fully saturated rings. The minimum absolute atomic E-state index is 0.103. The largest absolute Gasteiger partial charge is 0.500 e. The van der Waals surface area contributed by atoms with Gasteiger partial charge >= 0.3 is 0 Å². The van der Waals surface area contributed by atoms with Crippen LogP contribution in [-0.2, 0) is 4.74 Å². The number of nitrogens with one attached hydrogen (secondary N) is 1. The zero-order valence-electron chi connectivity index (χ0n) is 6.13. The Morgan fingerprint density at radius 2 is 2.60 bits per heavy atom. The molecule has 0 aromatic carbocycles. The lowest BCUT2D eigenvalue weighted by Crippen LogP contribution is -2.27. The SMILES string of the molecule is C=COCCNC(C)C#N. The van der Waals surface area contributed by atoms with Crippen molar-refractivity contribution in [3.05, 3.63) is 12.8 Å². The van der Waals surface area contributed by atoms with Gasteiger partial charge in [0.1, 0.15) is 0 Å². The minimum Gasteiger partial charge on any atom is -0.500 e. The van der Waals surface area contributed by atoms with E-state index < -0.39 is 0 Å². The lowest BCUT2D eigenvalue weighted by Gasteiger charge is -2.04. The van der Waals surface area contributed by atoms with Gasteiger partial charge in [0, 0.05) is 6.54 Å². The molecule has 0 spiro atoms. The Bertz CT molecular complexity index is 128. The highest BCUT2D eigenvalue weighted by Gasteiger charge is 1.94. The van der Waals surface area contributed by atoms with Crippen LogP contribution in [0.2, 0.25) is 0 Å². The Morgan fingerprint density at radius 1 is 1.90 bits per heavy atom. The van der Waals surface area contributed by atoms with Crippen molar-refractivity contribution in [2.45, 2.75) is 13.0 Å². The highest BCUT2D eigenvalue weighted by Crippen LogP contribution is 1.76. The molecule has 0 saturated carbocycles. The Hall–Kier alpha value is -1.01. The second-order valence-corrected chi connectivity index (χ2v) is 1.84. The molecule has 1 atom stereocenters. The van der Waals surface area contributed by atoms with E-state index in [0.717, 1.165) is 0 Å². The third-order valence-corrected chi connectivity index (χ3v) is 0.982. The van der Waals surface area contributed by atoms with Gasteiger partial charge < -0.3 is 4.74 Å². The predicted molar refractivity (Wildman–Crippen MR) is 39.2 cm³/mol. The highest BCUT2D eigenvalue weighted by molar-refractivity contribution is 4.84. The molecule has 0 rings (SSSR count). The highest BCUT2D eigenvalue weighted by atomic mass is 16.5. The fourth-order valence-corrected chi connectivity index (χ4v) is 0.463. The van der Waals surface area contributed by atoms with E-state index in [1.54, 1.807) is 6.92 Å². The third kappa shape index (κ3) is 5.13.